The minimum absolute atomic E-state index is 0.201. The second-order valence-electron chi connectivity index (χ2n) is 5.77. The Morgan fingerprint density at radius 2 is 1.91 bits per heavy atom. The van der Waals surface area contributed by atoms with Gasteiger partial charge in [0.2, 0.25) is 0 Å². The van der Waals surface area contributed by atoms with Gasteiger partial charge in [0.05, 0.1) is 6.61 Å². The number of carbonyl (C=O) groups excluding carboxylic acids is 1. The number of rotatable bonds is 11. The topological polar surface area (TPSA) is 35.5 Å². The quantitative estimate of drug-likeness (QED) is 0.247. The molecule has 0 N–H and O–H groups in total. The van der Waals surface area contributed by atoms with Gasteiger partial charge in [-0.2, -0.15) is 0 Å². The van der Waals surface area contributed by atoms with Crippen molar-refractivity contribution in [3.63, 3.8) is 0 Å². The highest BCUT2D eigenvalue weighted by Gasteiger charge is 2.40. The van der Waals surface area contributed by atoms with Crippen LogP contribution in [0, 0.1) is 5.92 Å². The van der Waals surface area contributed by atoms with Gasteiger partial charge in [0.1, 0.15) is 0 Å². The Morgan fingerprint density at radius 1 is 1.22 bits per heavy atom. The summed E-state index contributed by atoms with van der Waals surface area (Å²) in [6.45, 7) is 8.95. The van der Waals surface area contributed by atoms with Crippen LogP contribution in [0.4, 0.5) is 0 Å². The van der Waals surface area contributed by atoms with Gasteiger partial charge >= 0.3 is 5.97 Å². The highest BCUT2D eigenvalue weighted by molar-refractivity contribution is 8.03. The summed E-state index contributed by atoms with van der Waals surface area (Å²) in [4.78, 5) is 13.8. The Hall–Kier alpha value is -0.570. The summed E-state index contributed by atoms with van der Waals surface area (Å²) in [7, 11) is 0.653. The molecule has 23 heavy (non-hydrogen) atoms. The van der Waals surface area contributed by atoms with Crippen LogP contribution in [0.2, 0.25) is 0 Å². The molecule has 0 spiro atoms. The molecule has 3 nitrogen and oxygen atoms in total. The first-order valence-electron chi connectivity index (χ1n) is 8.23. The van der Waals surface area contributed by atoms with Gasteiger partial charge in [-0.25, -0.2) is 4.79 Å². The van der Waals surface area contributed by atoms with Crippen LogP contribution < -0.4 is 0 Å². The van der Waals surface area contributed by atoms with Crippen LogP contribution in [-0.2, 0) is 14.3 Å². The zero-order valence-corrected chi connectivity index (χ0v) is 16.4. The van der Waals surface area contributed by atoms with E-state index >= 15 is 0 Å². The van der Waals surface area contributed by atoms with Crippen LogP contribution in [0.5, 0.6) is 0 Å². The predicted molar refractivity (Wildman–Crippen MR) is 101 cm³/mol. The van der Waals surface area contributed by atoms with Gasteiger partial charge in [0, 0.05) is 23.2 Å². The first kappa shape index (κ1) is 20.5. The largest absolute Gasteiger partial charge is 0.464 e. The maximum atomic E-state index is 12.5. The van der Waals surface area contributed by atoms with E-state index in [1.165, 1.54) is 4.90 Å². The smallest absolute Gasteiger partial charge is 0.338 e. The van der Waals surface area contributed by atoms with Gasteiger partial charge in [0.25, 0.3) is 0 Å². The molecule has 0 fully saturated rings. The van der Waals surface area contributed by atoms with Crippen LogP contribution in [0.1, 0.15) is 34.1 Å². The molecule has 0 heterocycles. The number of benzene rings is 1. The van der Waals surface area contributed by atoms with Crippen LogP contribution in [-0.4, -0.2) is 36.4 Å². The van der Waals surface area contributed by atoms with Gasteiger partial charge in [0.15, 0.2) is 5.60 Å². The van der Waals surface area contributed by atoms with Crippen molar-refractivity contribution in [1.82, 2.24) is 0 Å². The van der Waals surface area contributed by atoms with E-state index in [0.717, 1.165) is 11.7 Å². The number of esters is 1. The summed E-state index contributed by atoms with van der Waals surface area (Å²) >= 11 is 1.83. The second-order valence-corrected chi connectivity index (χ2v) is 8.54. The number of ether oxygens (including phenoxy) is 2. The molecule has 0 aliphatic heterocycles. The van der Waals surface area contributed by atoms with Gasteiger partial charge in [-0.1, -0.05) is 32.0 Å². The highest BCUT2D eigenvalue weighted by atomic mass is 32.2. The maximum absolute atomic E-state index is 12.5. The van der Waals surface area contributed by atoms with Crippen molar-refractivity contribution in [3.05, 3.63) is 30.3 Å². The number of thioether (sulfide) groups is 1. The zero-order chi connectivity index (χ0) is 17.1. The lowest BCUT2D eigenvalue weighted by molar-refractivity contribution is -0.170. The van der Waals surface area contributed by atoms with E-state index in [9.17, 15) is 4.79 Å². The van der Waals surface area contributed by atoms with E-state index in [1.54, 1.807) is 0 Å². The molecule has 0 aliphatic carbocycles. The van der Waals surface area contributed by atoms with Gasteiger partial charge in [-0.3, -0.25) is 0 Å². The summed E-state index contributed by atoms with van der Waals surface area (Å²) in [5.74, 6) is 0.185. The fourth-order valence-corrected chi connectivity index (χ4v) is 5.13. The molecule has 1 rings (SSSR count). The maximum Gasteiger partial charge on any atom is 0.338 e. The van der Waals surface area contributed by atoms with Crippen molar-refractivity contribution < 1.29 is 14.3 Å². The molecule has 0 saturated heterocycles. The molecule has 0 amide bonds. The van der Waals surface area contributed by atoms with E-state index in [4.69, 9.17) is 9.47 Å². The monoisotopic (exact) mass is 356 g/mol. The fourth-order valence-electron chi connectivity index (χ4n) is 2.50. The third-order valence-electron chi connectivity index (χ3n) is 3.30. The lowest BCUT2D eigenvalue weighted by Gasteiger charge is -2.32. The van der Waals surface area contributed by atoms with Crippen molar-refractivity contribution in [2.75, 3.05) is 24.9 Å². The summed E-state index contributed by atoms with van der Waals surface area (Å²) in [6.07, 6.45) is 1.44. The normalized spacial score (nSPS) is 14.3. The average molecular weight is 356 g/mol. The minimum atomic E-state index is -0.783. The fraction of sp³-hybridized carbons (Fsp3) is 0.611. The van der Waals surface area contributed by atoms with Crippen LogP contribution >= 0.6 is 20.3 Å². The third kappa shape index (κ3) is 7.24. The molecule has 130 valence electrons. The summed E-state index contributed by atoms with van der Waals surface area (Å²) in [5, 5.41) is 0. The molecule has 0 aromatic heterocycles. The van der Waals surface area contributed by atoms with E-state index in [1.807, 2.05) is 43.8 Å². The molecule has 1 aromatic rings. The third-order valence-corrected chi connectivity index (χ3v) is 6.12. The summed E-state index contributed by atoms with van der Waals surface area (Å²) in [5.41, 5.74) is 0.213. The van der Waals surface area contributed by atoms with Gasteiger partial charge in [-0.15, -0.1) is 20.3 Å². The van der Waals surface area contributed by atoms with Crippen molar-refractivity contribution in [3.8, 4) is 0 Å². The standard InChI is InChI=1S/C18H29O3PS/c1-5-20-17(19)18(21-6-2,12-15(3)4)13-22-14-23-16-10-8-7-9-11-16/h7-11,15,22H,5-6,12-14H2,1-4H3. The SMILES string of the molecule is CCOC(=O)C(CPCSc1ccccc1)(CC(C)C)OCC. The summed E-state index contributed by atoms with van der Waals surface area (Å²) in [6, 6.07) is 10.4. The van der Waals surface area contributed by atoms with E-state index in [0.29, 0.717) is 34.1 Å². The van der Waals surface area contributed by atoms with Crippen LogP contribution in [0.3, 0.4) is 0 Å². The Labute approximate surface area is 146 Å². The van der Waals surface area contributed by atoms with E-state index in [2.05, 4.69) is 26.0 Å². The first-order valence-corrected chi connectivity index (χ1v) is 10.6. The van der Waals surface area contributed by atoms with E-state index in [-0.39, 0.29) is 5.97 Å². The average Bonchev–Trinajstić information content (AvgIpc) is 2.52. The molecule has 2 unspecified atom stereocenters. The first-order chi connectivity index (χ1) is 11.0. The predicted octanol–water partition coefficient (Wildman–Crippen LogP) is 4.80. The lowest BCUT2D eigenvalue weighted by atomic mass is 9.94. The van der Waals surface area contributed by atoms with Crippen LogP contribution in [0.25, 0.3) is 0 Å². The van der Waals surface area contributed by atoms with Crippen LogP contribution in [0.15, 0.2) is 35.2 Å². The highest BCUT2D eigenvalue weighted by Crippen LogP contribution is 2.34. The Kier molecular flexibility index (Phi) is 9.85. The van der Waals surface area contributed by atoms with Crippen molar-refractivity contribution in [1.29, 1.82) is 0 Å². The Bertz CT molecular complexity index is 453. The van der Waals surface area contributed by atoms with Crippen molar-refractivity contribution >= 4 is 26.3 Å². The lowest BCUT2D eigenvalue weighted by Crippen LogP contribution is -2.46. The van der Waals surface area contributed by atoms with Crippen molar-refractivity contribution in [2.24, 2.45) is 5.92 Å². The molecule has 2 atom stereocenters. The molecule has 5 heteroatoms. The second kappa shape index (κ2) is 11.1. The Morgan fingerprint density at radius 3 is 2.48 bits per heavy atom. The number of carbonyl (C=O) groups is 1. The molecule has 0 aliphatic rings. The number of hydrogen-bond acceptors (Lipinski definition) is 4. The minimum Gasteiger partial charge on any atom is -0.464 e. The molecular weight excluding hydrogens is 327 g/mol. The van der Waals surface area contributed by atoms with Gasteiger partial charge < -0.3 is 9.47 Å². The number of hydrogen-bond donors (Lipinski definition) is 0. The van der Waals surface area contributed by atoms with E-state index < -0.39 is 5.60 Å². The molecule has 0 saturated carbocycles. The molecule has 1 aromatic carbocycles. The zero-order valence-electron chi connectivity index (χ0n) is 14.6. The molecule has 0 radical (unpaired) electrons. The molecular formula is C18H29O3PS. The van der Waals surface area contributed by atoms with Crippen molar-refractivity contribution in [2.45, 2.75) is 44.6 Å². The molecule has 0 bridgehead atoms. The van der Waals surface area contributed by atoms with Gasteiger partial charge in [-0.05, 0) is 38.3 Å². The summed E-state index contributed by atoms with van der Waals surface area (Å²) < 4.78 is 11.2. The Balaban J connectivity index is 2.64.